The average molecular weight is 355 g/mol. The largest absolute Gasteiger partial charge is 0.493 e. The van der Waals surface area contributed by atoms with Gasteiger partial charge in [-0.25, -0.2) is 0 Å². The highest BCUT2D eigenvalue weighted by atomic mass is 16.5. The Morgan fingerprint density at radius 1 is 1.08 bits per heavy atom. The van der Waals surface area contributed by atoms with Crippen LogP contribution in [-0.4, -0.2) is 25.9 Å². The Bertz CT molecular complexity index is 663. The van der Waals surface area contributed by atoms with Gasteiger partial charge in [-0.05, 0) is 48.6 Å². The van der Waals surface area contributed by atoms with Gasteiger partial charge in [-0.1, -0.05) is 32.0 Å². The topological polar surface area (TPSA) is 39.7 Å². The molecule has 2 aromatic rings. The van der Waals surface area contributed by atoms with E-state index in [4.69, 9.17) is 14.2 Å². The van der Waals surface area contributed by atoms with E-state index in [0.717, 1.165) is 49.8 Å². The summed E-state index contributed by atoms with van der Waals surface area (Å²) in [6.45, 7) is 7.29. The first-order valence-corrected chi connectivity index (χ1v) is 9.49. The Kier molecular flexibility index (Phi) is 6.78. The molecule has 1 saturated heterocycles. The molecule has 1 aliphatic heterocycles. The highest BCUT2D eigenvalue weighted by Gasteiger charge is 2.15. The lowest BCUT2D eigenvalue weighted by Gasteiger charge is -2.13. The lowest BCUT2D eigenvalue weighted by Crippen LogP contribution is -2.16. The van der Waals surface area contributed by atoms with Gasteiger partial charge < -0.3 is 19.5 Å². The van der Waals surface area contributed by atoms with Gasteiger partial charge in [0.2, 0.25) is 0 Å². The van der Waals surface area contributed by atoms with Gasteiger partial charge in [0, 0.05) is 24.9 Å². The molecule has 1 atom stereocenters. The van der Waals surface area contributed by atoms with E-state index in [1.165, 1.54) is 5.56 Å². The molecule has 1 N–H and O–H groups in total. The van der Waals surface area contributed by atoms with Crippen LogP contribution in [0.1, 0.15) is 32.3 Å². The molecule has 0 aromatic heterocycles. The second-order valence-corrected chi connectivity index (χ2v) is 7.18. The van der Waals surface area contributed by atoms with E-state index < -0.39 is 0 Å². The summed E-state index contributed by atoms with van der Waals surface area (Å²) in [5, 5.41) is 3.45. The normalized spacial score (nSPS) is 16.7. The van der Waals surface area contributed by atoms with E-state index in [1.807, 2.05) is 30.3 Å². The minimum atomic E-state index is 0.239. The van der Waals surface area contributed by atoms with Crippen molar-refractivity contribution in [1.82, 2.24) is 0 Å². The fraction of sp³-hybridized carbons (Fsp3) is 0.455. The second-order valence-electron chi connectivity index (χ2n) is 7.18. The SMILES string of the molecule is CC(C)COc1ccc(CNc2cccc(OCC3CCCO3)c2)cc1. The van der Waals surface area contributed by atoms with Crippen LogP contribution in [0.2, 0.25) is 0 Å². The molecule has 4 heteroatoms. The highest BCUT2D eigenvalue weighted by Crippen LogP contribution is 2.21. The van der Waals surface area contributed by atoms with Crippen molar-refractivity contribution in [3.63, 3.8) is 0 Å². The number of ether oxygens (including phenoxy) is 3. The smallest absolute Gasteiger partial charge is 0.121 e. The summed E-state index contributed by atoms with van der Waals surface area (Å²) >= 11 is 0. The zero-order valence-electron chi connectivity index (χ0n) is 15.7. The molecule has 0 amide bonds. The maximum atomic E-state index is 5.86. The minimum Gasteiger partial charge on any atom is -0.493 e. The quantitative estimate of drug-likeness (QED) is 0.695. The summed E-state index contributed by atoms with van der Waals surface area (Å²) in [4.78, 5) is 0. The van der Waals surface area contributed by atoms with Crippen molar-refractivity contribution in [2.45, 2.75) is 39.3 Å². The molecule has 0 spiro atoms. The predicted molar refractivity (Wildman–Crippen MR) is 105 cm³/mol. The van der Waals surface area contributed by atoms with E-state index in [2.05, 4.69) is 37.4 Å². The predicted octanol–water partition coefficient (Wildman–Crippen LogP) is 4.89. The zero-order valence-corrected chi connectivity index (χ0v) is 15.7. The first-order valence-electron chi connectivity index (χ1n) is 9.49. The number of benzene rings is 2. The van der Waals surface area contributed by atoms with Gasteiger partial charge in [0.1, 0.15) is 18.1 Å². The molecule has 0 aliphatic carbocycles. The summed E-state index contributed by atoms with van der Waals surface area (Å²) in [5.74, 6) is 2.33. The Labute approximate surface area is 156 Å². The van der Waals surface area contributed by atoms with Crippen molar-refractivity contribution in [3.05, 3.63) is 54.1 Å². The Hall–Kier alpha value is -2.20. The van der Waals surface area contributed by atoms with Crippen molar-refractivity contribution in [2.75, 3.05) is 25.1 Å². The zero-order chi connectivity index (χ0) is 18.2. The van der Waals surface area contributed by atoms with E-state index in [0.29, 0.717) is 12.5 Å². The van der Waals surface area contributed by atoms with Crippen LogP contribution in [0.4, 0.5) is 5.69 Å². The van der Waals surface area contributed by atoms with Crippen LogP contribution in [0.15, 0.2) is 48.5 Å². The number of nitrogens with one attached hydrogen (secondary N) is 1. The Balaban J connectivity index is 1.47. The van der Waals surface area contributed by atoms with Crippen molar-refractivity contribution < 1.29 is 14.2 Å². The third-order valence-electron chi connectivity index (χ3n) is 4.30. The Morgan fingerprint density at radius 3 is 2.65 bits per heavy atom. The van der Waals surface area contributed by atoms with Crippen LogP contribution < -0.4 is 14.8 Å². The molecular formula is C22H29NO3. The van der Waals surface area contributed by atoms with Crippen LogP contribution in [0.5, 0.6) is 11.5 Å². The maximum absolute atomic E-state index is 5.86. The molecule has 26 heavy (non-hydrogen) atoms. The lowest BCUT2D eigenvalue weighted by molar-refractivity contribution is 0.0680. The fourth-order valence-corrected chi connectivity index (χ4v) is 2.83. The first kappa shape index (κ1) is 18.6. The highest BCUT2D eigenvalue weighted by molar-refractivity contribution is 5.48. The van der Waals surface area contributed by atoms with Crippen LogP contribution >= 0.6 is 0 Å². The molecule has 3 rings (SSSR count). The maximum Gasteiger partial charge on any atom is 0.121 e. The van der Waals surface area contributed by atoms with Crippen LogP contribution in [0.25, 0.3) is 0 Å². The molecule has 1 aliphatic rings. The standard InChI is InChI=1S/C22H29NO3/c1-17(2)15-25-20-10-8-18(9-11-20)14-23-19-5-3-6-21(13-19)26-16-22-7-4-12-24-22/h3,5-6,8-11,13,17,22-23H,4,7,12,14-16H2,1-2H3. The molecule has 0 saturated carbocycles. The molecule has 1 unspecified atom stereocenters. The molecule has 140 valence electrons. The van der Waals surface area contributed by atoms with Crippen molar-refractivity contribution >= 4 is 5.69 Å². The average Bonchev–Trinajstić information content (AvgIpc) is 3.18. The van der Waals surface area contributed by atoms with Gasteiger partial charge in [-0.15, -0.1) is 0 Å². The summed E-state index contributed by atoms with van der Waals surface area (Å²) < 4.78 is 17.2. The van der Waals surface area contributed by atoms with E-state index in [1.54, 1.807) is 0 Å². The molecule has 4 nitrogen and oxygen atoms in total. The van der Waals surface area contributed by atoms with Gasteiger partial charge in [0.15, 0.2) is 0 Å². The third-order valence-corrected chi connectivity index (χ3v) is 4.30. The number of hydrogen-bond donors (Lipinski definition) is 1. The first-order chi connectivity index (χ1) is 12.7. The summed E-state index contributed by atoms with van der Waals surface area (Å²) in [6, 6.07) is 16.3. The van der Waals surface area contributed by atoms with Gasteiger partial charge in [0.05, 0.1) is 12.7 Å². The summed E-state index contributed by atoms with van der Waals surface area (Å²) in [7, 11) is 0. The monoisotopic (exact) mass is 355 g/mol. The van der Waals surface area contributed by atoms with Crippen LogP contribution in [0, 0.1) is 5.92 Å². The van der Waals surface area contributed by atoms with Crippen LogP contribution in [0.3, 0.4) is 0 Å². The third kappa shape index (κ3) is 5.95. The molecule has 0 bridgehead atoms. The minimum absolute atomic E-state index is 0.239. The molecule has 1 fully saturated rings. The van der Waals surface area contributed by atoms with E-state index in [9.17, 15) is 0 Å². The lowest BCUT2D eigenvalue weighted by atomic mass is 10.2. The van der Waals surface area contributed by atoms with Gasteiger partial charge in [0.25, 0.3) is 0 Å². The molecular weight excluding hydrogens is 326 g/mol. The number of rotatable bonds is 9. The number of hydrogen-bond acceptors (Lipinski definition) is 4. The van der Waals surface area contributed by atoms with Crippen molar-refractivity contribution in [1.29, 1.82) is 0 Å². The van der Waals surface area contributed by atoms with E-state index >= 15 is 0 Å². The van der Waals surface area contributed by atoms with Gasteiger partial charge in [-0.2, -0.15) is 0 Å². The molecule has 1 heterocycles. The van der Waals surface area contributed by atoms with Gasteiger partial charge >= 0.3 is 0 Å². The molecule has 0 radical (unpaired) electrons. The molecule has 2 aromatic carbocycles. The number of anilines is 1. The van der Waals surface area contributed by atoms with Crippen LogP contribution in [-0.2, 0) is 11.3 Å². The fourth-order valence-electron chi connectivity index (χ4n) is 2.83. The second kappa shape index (κ2) is 9.48. The Morgan fingerprint density at radius 2 is 1.92 bits per heavy atom. The van der Waals surface area contributed by atoms with Gasteiger partial charge in [-0.3, -0.25) is 0 Å². The van der Waals surface area contributed by atoms with Crippen molar-refractivity contribution in [3.8, 4) is 11.5 Å². The van der Waals surface area contributed by atoms with E-state index in [-0.39, 0.29) is 6.10 Å². The summed E-state index contributed by atoms with van der Waals surface area (Å²) in [6.07, 6.45) is 2.47. The summed E-state index contributed by atoms with van der Waals surface area (Å²) in [5.41, 5.74) is 2.27. The van der Waals surface area contributed by atoms with Crippen molar-refractivity contribution in [2.24, 2.45) is 5.92 Å².